The van der Waals surface area contributed by atoms with Gasteiger partial charge in [-0.15, -0.1) is 0 Å². The molecule has 0 radical (unpaired) electrons. The van der Waals surface area contributed by atoms with Crippen LogP contribution < -0.4 is 5.73 Å². The topological polar surface area (TPSA) is 64.2 Å². The number of nitrogens with two attached hydrogens (primary N) is 1. The molecule has 0 bridgehead atoms. The number of rotatable bonds is 1. The molecule has 1 aliphatic rings. The van der Waals surface area contributed by atoms with Gasteiger partial charge in [0.05, 0.1) is 11.0 Å². The van der Waals surface area contributed by atoms with Crippen molar-refractivity contribution >= 4 is 22.9 Å². The average molecular weight is 262 g/mol. The summed E-state index contributed by atoms with van der Waals surface area (Å²) in [7, 11) is 1.77. The molecule has 5 nitrogen and oxygen atoms in total. The number of hydrogen-bond donors (Lipinski definition) is 1. The van der Waals surface area contributed by atoms with Gasteiger partial charge in [-0.2, -0.15) is 0 Å². The Balaban J connectivity index is 2.21. The molecule has 1 aliphatic heterocycles. The second-order valence-corrected chi connectivity index (χ2v) is 4.99. The van der Waals surface area contributed by atoms with Gasteiger partial charge in [-0.1, -0.05) is 0 Å². The summed E-state index contributed by atoms with van der Waals surface area (Å²) in [5.41, 5.74) is 7.62. The normalized spacial score (nSPS) is 19.6. The molecule has 1 aromatic heterocycles. The Hall–Kier alpha value is -2.11. The third-order valence-electron chi connectivity index (χ3n) is 3.71. The van der Waals surface area contributed by atoms with Crippen molar-refractivity contribution in [2.24, 2.45) is 0 Å². The molecular formula is C13H15FN4O. The van der Waals surface area contributed by atoms with E-state index in [4.69, 9.17) is 5.73 Å². The summed E-state index contributed by atoms with van der Waals surface area (Å²) in [4.78, 5) is 17.9. The molecule has 1 saturated heterocycles. The molecule has 1 unspecified atom stereocenters. The van der Waals surface area contributed by atoms with Gasteiger partial charge in [0.25, 0.3) is 0 Å². The van der Waals surface area contributed by atoms with Crippen LogP contribution in [0.1, 0.15) is 18.0 Å². The van der Waals surface area contributed by atoms with Gasteiger partial charge in [-0.3, -0.25) is 9.36 Å². The number of nitrogens with zero attached hydrogens (tertiary/aromatic N) is 3. The largest absolute Gasteiger partial charge is 0.369 e. The standard InChI is InChI=1S/C13H15FN4O/c1-7-5-11-9(6-8(7)14)16-13(15)18(11)10-3-4-17(2)12(10)19/h5-6,10H,3-4H2,1-2H3,(H2,15,16). The molecule has 2 heterocycles. The minimum Gasteiger partial charge on any atom is -0.369 e. The number of anilines is 1. The van der Waals surface area contributed by atoms with Crippen molar-refractivity contribution in [2.75, 3.05) is 19.3 Å². The third-order valence-corrected chi connectivity index (χ3v) is 3.71. The van der Waals surface area contributed by atoms with Crippen molar-refractivity contribution in [1.82, 2.24) is 14.5 Å². The lowest BCUT2D eigenvalue weighted by Gasteiger charge is -2.14. The highest BCUT2D eigenvalue weighted by molar-refractivity contribution is 5.87. The number of carbonyl (C=O) groups is 1. The van der Waals surface area contributed by atoms with Crippen LogP contribution in [0.4, 0.5) is 10.3 Å². The predicted octanol–water partition coefficient (Wildman–Crippen LogP) is 1.47. The van der Waals surface area contributed by atoms with Gasteiger partial charge in [0.2, 0.25) is 11.9 Å². The zero-order valence-corrected chi connectivity index (χ0v) is 10.9. The Kier molecular flexibility index (Phi) is 2.48. The summed E-state index contributed by atoms with van der Waals surface area (Å²) in [6, 6.07) is 2.72. The number of fused-ring (bicyclic) bond motifs is 1. The number of amides is 1. The number of imidazole rings is 1. The van der Waals surface area contributed by atoms with E-state index in [0.29, 0.717) is 29.6 Å². The SMILES string of the molecule is Cc1cc2c(cc1F)nc(N)n2C1CCN(C)C1=O. The molecule has 0 saturated carbocycles. The average Bonchev–Trinajstić information content (AvgIpc) is 2.82. The monoisotopic (exact) mass is 262 g/mol. The molecule has 2 N–H and O–H groups in total. The molecule has 100 valence electrons. The van der Waals surface area contributed by atoms with Crippen LogP contribution >= 0.6 is 0 Å². The van der Waals surface area contributed by atoms with E-state index < -0.39 is 0 Å². The highest BCUT2D eigenvalue weighted by Crippen LogP contribution is 2.30. The van der Waals surface area contributed by atoms with Crippen molar-refractivity contribution in [3.63, 3.8) is 0 Å². The van der Waals surface area contributed by atoms with E-state index in [1.807, 2.05) is 0 Å². The number of aromatic nitrogens is 2. The summed E-state index contributed by atoms with van der Waals surface area (Å²) in [6.07, 6.45) is 0.696. The van der Waals surface area contributed by atoms with Gasteiger partial charge in [-0.25, -0.2) is 9.37 Å². The molecule has 0 spiro atoms. The van der Waals surface area contributed by atoms with Gasteiger partial charge >= 0.3 is 0 Å². The van der Waals surface area contributed by atoms with Crippen molar-refractivity contribution in [3.05, 3.63) is 23.5 Å². The maximum Gasteiger partial charge on any atom is 0.245 e. The molecule has 1 atom stereocenters. The van der Waals surface area contributed by atoms with Crippen molar-refractivity contribution in [1.29, 1.82) is 0 Å². The molecule has 19 heavy (non-hydrogen) atoms. The Morgan fingerprint density at radius 1 is 1.47 bits per heavy atom. The van der Waals surface area contributed by atoms with Crippen LogP contribution in [0.5, 0.6) is 0 Å². The van der Waals surface area contributed by atoms with Crippen LogP contribution in [0.25, 0.3) is 11.0 Å². The number of benzene rings is 1. The number of hydrogen-bond acceptors (Lipinski definition) is 3. The summed E-state index contributed by atoms with van der Waals surface area (Å²) < 4.78 is 15.3. The molecule has 1 fully saturated rings. The maximum atomic E-state index is 13.5. The molecule has 0 aliphatic carbocycles. The first-order valence-corrected chi connectivity index (χ1v) is 6.17. The Bertz CT molecular complexity index is 679. The highest BCUT2D eigenvalue weighted by atomic mass is 19.1. The quantitative estimate of drug-likeness (QED) is 0.846. The number of likely N-dealkylation sites (tertiary alicyclic amines) is 1. The second kappa shape index (κ2) is 3.94. The molecule has 3 rings (SSSR count). The van der Waals surface area contributed by atoms with E-state index in [1.165, 1.54) is 6.07 Å². The van der Waals surface area contributed by atoms with Crippen molar-refractivity contribution in [3.8, 4) is 0 Å². The van der Waals surface area contributed by atoms with E-state index in [-0.39, 0.29) is 23.7 Å². The van der Waals surface area contributed by atoms with E-state index >= 15 is 0 Å². The first-order chi connectivity index (χ1) is 8.99. The maximum absolute atomic E-state index is 13.5. The number of likely N-dealkylation sites (N-methyl/N-ethyl adjacent to an activating group) is 1. The van der Waals surface area contributed by atoms with Gasteiger partial charge in [0.15, 0.2) is 0 Å². The van der Waals surface area contributed by atoms with Gasteiger partial charge in [-0.05, 0) is 25.0 Å². The molecular weight excluding hydrogens is 247 g/mol. The Morgan fingerprint density at radius 2 is 2.21 bits per heavy atom. The Labute approximate surface area is 109 Å². The lowest BCUT2D eigenvalue weighted by Crippen LogP contribution is -2.25. The summed E-state index contributed by atoms with van der Waals surface area (Å²) in [6.45, 7) is 2.38. The Morgan fingerprint density at radius 3 is 2.84 bits per heavy atom. The zero-order valence-electron chi connectivity index (χ0n) is 10.9. The summed E-state index contributed by atoms with van der Waals surface area (Å²) in [5.74, 6) is -0.0337. The number of nitrogen functional groups attached to an aromatic ring is 1. The zero-order chi connectivity index (χ0) is 13.7. The smallest absolute Gasteiger partial charge is 0.245 e. The fourth-order valence-corrected chi connectivity index (χ4v) is 2.61. The second-order valence-electron chi connectivity index (χ2n) is 4.99. The number of aryl methyl sites for hydroxylation is 1. The summed E-state index contributed by atoms with van der Waals surface area (Å²) in [5, 5.41) is 0. The van der Waals surface area contributed by atoms with E-state index in [2.05, 4.69) is 4.98 Å². The highest BCUT2D eigenvalue weighted by Gasteiger charge is 2.33. The predicted molar refractivity (Wildman–Crippen MR) is 70.1 cm³/mol. The fraction of sp³-hybridized carbons (Fsp3) is 0.385. The lowest BCUT2D eigenvalue weighted by molar-refractivity contribution is -0.129. The van der Waals surface area contributed by atoms with Crippen molar-refractivity contribution in [2.45, 2.75) is 19.4 Å². The third kappa shape index (κ3) is 1.67. The van der Waals surface area contributed by atoms with Crippen LogP contribution in [0, 0.1) is 12.7 Å². The van der Waals surface area contributed by atoms with Crippen LogP contribution in [0.3, 0.4) is 0 Å². The van der Waals surface area contributed by atoms with Crippen LogP contribution in [-0.2, 0) is 4.79 Å². The van der Waals surface area contributed by atoms with Gasteiger partial charge in [0, 0.05) is 19.7 Å². The van der Waals surface area contributed by atoms with Crippen LogP contribution in [0.2, 0.25) is 0 Å². The van der Waals surface area contributed by atoms with E-state index in [9.17, 15) is 9.18 Å². The van der Waals surface area contributed by atoms with Gasteiger partial charge in [0.1, 0.15) is 11.9 Å². The van der Waals surface area contributed by atoms with E-state index in [0.717, 1.165) is 0 Å². The molecule has 1 amide bonds. The molecule has 1 aromatic carbocycles. The molecule has 6 heteroatoms. The number of carbonyl (C=O) groups excluding carboxylic acids is 1. The molecule has 2 aromatic rings. The minimum absolute atomic E-state index is 0.0213. The first kappa shape index (κ1) is 12.0. The van der Waals surface area contributed by atoms with Crippen LogP contribution in [0.15, 0.2) is 12.1 Å². The lowest BCUT2D eigenvalue weighted by atomic mass is 10.2. The number of halogens is 1. The summed E-state index contributed by atoms with van der Waals surface area (Å²) >= 11 is 0. The van der Waals surface area contributed by atoms with Gasteiger partial charge < -0.3 is 10.6 Å². The van der Waals surface area contributed by atoms with Crippen LogP contribution in [-0.4, -0.2) is 34.0 Å². The first-order valence-electron chi connectivity index (χ1n) is 6.17. The minimum atomic E-state index is -0.333. The van der Waals surface area contributed by atoms with Crippen molar-refractivity contribution < 1.29 is 9.18 Å². The fourth-order valence-electron chi connectivity index (χ4n) is 2.61. The van der Waals surface area contributed by atoms with E-state index in [1.54, 1.807) is 29.5 Å².